The van der Waals surface area contributed by atoms with E-state index in [-0.39, 0.29) is 16.8 Å². The third-order valence-corrected chi connectivity index (χ3v) is 5.43. The van der Waals surface area contributed by atoms with Crippen LogP contribution in [-0.2, 0) is 20.1 Å². The van der Waals surface area contributed by atoms with Crippen LogP contribution in [-0.4, -0.2) is 36.7 Å². The first kappa shape index (κ1) is 20.3. The molecule has 1 aliphatic rings. The van der Waals surface area contributed by atoms with Crippen LogP contribution in [0.1, 0.15) is 30.4 Å². The molecule has 0 saturated carbocycles. The Morgan fingerprint density at radius 3 is 2.70 bits per heavy atom. The predicted octanol–water partition coefficient (Wildman–Crippen LogP) is 2.39. The molecular formula is C20H20F3N5O2. The van der Waals surface area contributed by atoms with Gasteiger partial charge in [0.25, 0.3) is 11.1 Å². The fourth-order valence-corrected chi connectivity index (χ4v) is 3.94. The SMILES string of the molecule is Cn1c(CN2CCCC2c2nc3ccccc3c(=O)n2CC(F)(F)F)cncc1=O. The average Bonchev–Trinajstić information content (AvgIpc) is 3.15. The minimum Gasteiger partial charge on any atom is -0.312 e. The quantitative estimate of drug-likeness (QED) is 0.649. The van der Waals surface area contributed by atoms with Gasteiger partial charge in [0, 0.05) is 19.8 Å². The summed E-state index contributed by atoms with van der Waals surface area (Å²) in [6.07, 6.45) is -0.478. The van der Waals surface area contributed by atoms with Gasteiger partial charge in [-0.05, 0) is 31.5 Å². The number of benzene rings is 1. The largest absolute Gasteiger partial charge is 0.406 e. The standard InChI is InChI=1S/C20H20F3N5O2/c1-26-13(9-24-10-17(26)29)11-27-8-4-7-16(27)18-25-15-6-3-2-5-14(15)19(30)28(18)12-20(21,22)23/h2-3,5-6,9-10,16H,4,7-8,11-12H2,1H3. The maximum absolute atomic E-state index is 13.3. The van der Waals surface area contributed by atoms with E-state index >= 15 is 0 Å². The number of halogens is 3. The zero-order valence-electron chi connectivity index (χ0n) is 16.3. The highest BCUT2D eigenvalue weighted by Gasteiger charge is 2.35. The van der Waals surface area contributed by atoms with Crippen molar-refractivity contribution in [3.63, 3.8) is 0 Å². The van der Waals surface area contributed by atoms with E-state index in [1.54, 1.807) is 31.4 Å². The molecule has 158 valence electrons. The van der Waals surface area contributed by atoms with Crippen LogP contribution in [0.25, 0.3) is 10.9 Å². The minimum atomic E-state index is -4.56. The van der Waals surface area contributed by atoms with Crippen molar-refractivity contribution in [3.05, 3.63) is 68.9 Å². The number of hydrogen-bond donors (Lipinski definition) is 0. The minimum absolute atomic E-state index is 0.0995. The summed E-state index contributed by atoms with van der Waals surface area (Å²) in [5.41, 5.74) is 0.0473. The smallest absolute Gasteiger partial charge is 0.312 e. The van der Waals surface area contributed by atoms with Gasteiger partial charge in [-0.2, -0.15) is 13.2 Å². The fourth-order valence-electron chi connectivity index (χ4n) is 3.94. The molecule has 0 spiro atoms. The van der Waals surface area contributed by atoms with E-state index in [4.69, 9.17) is 0 Å². The topological polar surface area (TPSA) is 73.0 Å². The number of aromatic nitrogens is 4. The molecule has 1 saturated heterocycles. The van der Waals surface area contributed by atoms with E-state index in [2.05, 4.69) is 9.97 Å². The predicted molar refractivity (Wildman–Crippen MR) is 104 cm³/mol. The van der Waals surface area contributed by atoms with Crippen LogP contribution in [0.5, 0.6) is 0 Å². The lowest BCUT2D eigenvalue weighted by atomic mass is 10.1. The summed E-state index contributed by atoms with van der Waals surface area (Å²) in [4.78, 5) is 35.1. The molecule has 2 aromatic heterocycles. The third-order valence-electron chi connectivity index (χ3n) is 5.43. The Bertz CT molecular complexity index is 1200. The molecule has 0 amide bonds. The summed E-state index contributed by atoms with van der Waals surface area (Å²) >= 11 is 0. The van der Waals surface area contributed by atoms with Crippen molar-refractivity contribution in [2.45, 2.75) is 38.1 Å². The van der Waals surface area contributed by atoms with Crippen LogP contribution < -0.4 is 11.1 Å². The van der Waals surface area contributed by atoms with Crippen LogP contribution in [0.4, 0.5) is 13.2 Å². The van der Waals surface area contributed by atoms with Crippen molar-refractivity contribution in [2.24, 2.45) is 7.05 Å². The number of likely N-dealkylation sites (tertiary alicyclic amines) is 1. The van der Waals surface area contributed by atoms with Crippen LogP contribution in [0.2, 0.25) is 0 Å². The number of alkyl halides is 3. The second-order valence-corrected chi connectivity index (χ2v) is 7.42. The fraction of sp³-hybridized carbons (Fsp3) is 0.400. The van der Waals surface area contributed by atoms with Crippen molar-refractivity contribution in [1.29, 1.82) is 0 Å². The Kier molecular flexibility index (Phi) is 5.19. The Morgan fingerprint density at radius 2 is 1.93 bits per heavy atom. The molecule has 7 nitrogen and oxygen atoms in total. The number of hydrogen-bond acceptors (Lipinski definition) is 5. The van der Waals surface area contributed by atoms with Crippen LogP contribution >= 0.6 is 0 Å². The summed E-state index contributed by atoms with van der Waals surface area (Å²) in [5, 5.41) is 0.157. The third kappa shape index (κ3) is 3.87. The molecule has 10 heteroatoms. The maximum Gasteiger partial charge on any atom is 0.406 e. The molecule has 0 N–H and O–H groups in total. The van der Waals surface area contributed by atoms with E-state index < -0.39 is 24.3 Å². The number of para-hydroxylation sites is 1. The van der Waals surface area contributed by atoms with Gasteiger partial charge in [0.15, 0.2) is 0 Å². The van der Waals surface area contributed by atoms with E-state index in [1.165, 1.54) is 16.8 Å². The number of rotatable bonds is 4. The first-order valence-electron chi connectivity index (χ1n) is 9.55. The lowest BCUT2D eigenvalue weighted by molar-refractivity contribution is -0.142. The van der Waals surface area contributed by atoms with Gasteiger partial charge >= 0.3 is 6.18 Å². The molecule has 1 atom stereocenters. The van der Waals surface area contributed by atoms with Crippen molar-refractivity contribution < 1.29 is 13.2 Å². The first-order chi connectivity index (χ1) is 14.2. The van der Waals surface area contributed by atoms with Gasteiger partial charge in [-0.15, -0.1) is 0 Å². The number of fused-ring (bicyclic) bond motifs is 1. The Morgan fingerprint density at radius 1 is 1.17 bits per heavy atom. The summed E-state index contributed by atoms with van der Waals surface area (Å²) in [7, 11) is 1.62. The van der Waals surface area contributed by atoms with Gasteiger partial charge < -0.3 is 4.57 Å². The van der Waals surface area contributed by atoms with Crippen LogP contribution in [0, 0.1) is 0 Å². The lowest BCUT2D eigenvalue weighted by Crippen LogP contribution is -2.36. The molecule has 1 fully saturated rings. The highest BCUT2D eigenvalue weighted by Crippen LogP contribution is 2.33. The highest BCUT2D eigenvalue weighted by atomic mass is 19.4. The number of nitrogens with zero attached hydrogens (tertiary/aromatic N) is 5. The molecule has 4 rings (SSSR count). The molecule has 3 heterocycles. The first-order valence-corrected chi connectivity index (χ1v) is 9.55. The van der Waals surface area contributed by atoms with Gasteiger partial charge in [0.1, 0.15) is 12.4 Å². The molecular weight excluding hydrogens is 399 g/mol. The summed E-state index contributed by atoms with van der Waals surface area (Å²) in [5.74, 6) is 0.0995. The molecule has 0 bridgehead atoms. The van der Waals surface area contributed by atoms with Crippen molar-refractivity contribution in [1.82, 2.24) is 24.0 Å². The monoisotopic (exact) mass is 419 g/mol. The highest BCUT2D eigenvalue weighted by molar-refractivity contribution is 5.77. The summed E-state index contributed by atoms with van der Waals surface area (Å²) in [6, 6.07) is 5.94. The molecule has 0 radical (unpaired) electrons. The summed E-state index contributed by atoms with van der Waals surface area (Å²) < 4.78 is 42.0. The normalized spacial score (nSPS) is 17.7. The molecule has 30 heavy (non-hydrogen) atoms. The van der Waals surface area contributed by atoms with Gasteiger partial charge in [0.2, 0.25) is 0 Å². The van der Waals surface area contributed by atoms with E-state index in [1.807, 2.05) is 4.90 Å². The van der Waals surface area contributed by atoms with Gasteiger partial charge in [-0.25, -0.2) is 4.98 Å². The second-order valence-electron chi connectivity index (χ2n) is 7.42. The zero-order valence-corrected chi connectivity index (χ0v) is 16.3. The Labute approximate surface area is 169 Å². The molecule has 1 unspecified atom stereocenters. The van der Waals surface area contributed by atoms with E-state index in [9.17, 15) is 22.8 Å². The average molecular weight is 419 g/mol. The van der Waals surface area contributed by atoms with Crippen molar-refractivity contribution >= 4 is 10.9 Å². The Balaban J connectivity index is 1.80. The van der Waals surface area contributed by atoms with E-state index in [0.29, 0.717) is 30.7 Å². The van der Waals surface area contributed by atoms with E-state index in [0.717, 1.165) is 11.0 Å². The molecule has 3 aromatic rings. The molecule has 1 aromatic carbocycles. The summed E-state index contributed by atoms with van der Waals surface area (Å²) in [6.45, 7) is -0.462. The zero-order chi connectivity index (χ0) is 21.5. The second kappa shape index (κ2) is 7.67. The van der Waals surface area contributed by atoms with Gasteiger partial charge in [-0.1, -0.05) is 12.1 Å². The van der Waals surface area contributed by atoms with Crippen molar-refractivity contribution in [3.8, 4) is 0 Å². The Hall–Kier alpha value is -3.01. The lowest BCUT2D eigenvalue weighted by Gasteiger charge is -2.27. The van der Waals surface area contributed by atoms with Crippen LogP contribution in [0.3, 0.4) is 0 Å². The van der Waals surface area contributed by atoms with Gasteiger partial charge in [0.05, 0.1) is 28.8 Å². The maximum atomic E-state index is 13.3. The molecule has 0 aliphatic carbocycles. The molecule has 1 aliphatic heterocycles. The van der Waals surface area contributed by atoms with Gasteiger partial charge in [-0.3, -0.25) is 24.0 Å². The van der Waals surface area contributed by atoms with Crippen molar-refractivity contribution in [2.75, 3.05) is 6.54 Å². The van der Waals surface area contributed by atoms with Crippen LogP contribution in [0.15, 0.2) is 46.2 Å².